The van der Waals surface area contributed by atoms with Gasteiger partial charge in [-0.3, -0.25) is 9.69 Å². The molecule has 2 fully saturated rings. The zero-order chi connectivity index (χ0) is 18.7. The molecule has 2 heterocycles. The van der Waals surface area contributed by atoms with Gasteiger partial charge in [0.05, 0.1) is 11.4 Å². The molecule has 1 aromatic carbocycles. The smallest absolute Gasteiger partial charge is 0.243 e. The Hall–Kier alpha value is -1.44. The topological polar surface area (TPSA) is 60.9 Å². The average molecular weight is 380 g/mol. The summed E-state index contributed by atoms with van der Waals surface area (Å²) in [5.41, 5.74) is 0. The summed E-state index contributed by atoms with van der Waals surface area (Å²) in [5.74, 6) is 1.36. The number of piperazine rings is 1. The number of hydrogen-bond acceptors (Lipinski definition) is 4. The van der Waals surface area contributed by atoms with Crippen molar-refractivity contribution in [3.8, 4) is 0 Å². The van der Waals surface area contributed by atoms with Crippen LogP contribution in [0.25, 0.3) is 0 Å². The van der Waals surface area contributed by atoms with Gasteiger partial charge in [-0.25, -0.2) is 8.42 Å². The number of hydrogen-bond donors (Lipinski definition) is 0. The first-order chi connectivity index (χ1) is 12.4. The Labute approximate surface area is 156 Å². The maximum absolute atomic E-state index is 12.7. The number of amides is 1. The molecule has 2 atom stereocenters. The Bertz CT molecular complexity index is 705. The lowest BCUT2D eigenvalue weighted by atomic mass is 9.92. The molecule has 0 N–H and O–H groups in total. The van der Waals surface area contributed by atoms with Crippen molar-refractivity contribution in [3.05, 3.63) is 30.3 Å². The SMILES string of the molecule is C[C@@H]1C[C@H](C)CN(CC(=O)N2CCN(S(=O)(=O)c3ccccc3)CC2)C1. The van der Waals surface area contributed by atoms with Gasteiger partial charge in [0.15, 0.2) is 0 Å². The highest BCUT2D eigenvalue weighted by Gasteiger charge is 2.31. The van der Waals surface area contributed by atoms with E-state index < -0.39 is 10.0 Å². The third-order valence-corrected chi connectivity index (χ3v) is 7.19. The monoisotopic (exact) mass is 379 g/mol. The molecule has 0 unspecified atom stereocenters. The summed E-state index contributed by atoms with van der Waals surface area (Å²) in [6.45, 7) is 8.50. The van der Waals surface area contributed by atoms with Crippen LogP contribution in [0.4, 0.5) is 0 Å². The fourth-order valence-electron chi connectivity index (χ4n) is 4.13. The second kappa shape index (κ2) is 8.06. The van der Waals surface area contributed by atoms with Gasteiger partial charge >= 0.3 is 0 Å². The van der Waals surface area contributed by atoms with E-state index in [1.54, 1.807) is 35.2 Å². The molecule has 2 aliphatic heterocycles. The molecule has 0 aliphatic carbocycles. The third-order valence-electron chi connectivity index (χ3n) is 5.28. The van der Waals surface area contributed by atoms with Gasteiger partial charge < -0.3 is 4.90 Å². The number of carbonyl (C=O) groups is 1. The van der Waals surface area contributed by atoms with Gasteiger partial charge in [0.25, 0.3) is 0 Å². The minimum atomic E-state index is -3.47. The average Bonchev–Trinajstić information content (AvgIpc) is 2.61. The van der Waals surface area contributed by atoms with Gasteiger partial charge in [-0.1, -0.05) is 32.0 Å². The van der Waals surface area contributed by atoms with Crippen LogP contribution in [0, 0.1) is 11.8 Å². The third kappa shape index (κ3) is 4.45. The predicted molar refractivity (Wildman–Crippen MR) is 101 cm³/mol. The summed E-state index contributed by atoms with van der Waals surface area (Å²) in [6.07, 6.45) is 1.22. The second-order valence-electron chi connectivity index (χ2n) is 7.74. The van der Waals surface area contributed by atoms with E-state index in [2.05, 4.69) is 18.7 Å². The lowest BCUT2D eigenvalue weighted by Gasteiger charge is -2.38. The highest BCUT2D eigenvalue weighted by atomic mass is 32.2. The van der Waals surface area contributed by atoms with Crippen molar-refractivity contribution in [1.82, 2.24) is 14.1 Å². The Balaban J connectivity index is 1.54. The summed E-state index contributed by atoms with van der Waals surface area (Å²) in [7, 11) is -3.47. The fraction of sp³-hybridized carbons (Fsp3) is 0.632. The van der Waals surface area contributed by atoms with E-state index >= 15 is 0 Å². The van der Waals surface area contributed by atoms with Gasteiger partial charge in [0.1, 0.15) is 0 Å². The van der Waals surface area contributed by atoms with Crippen LogP contribution in [-0.2, 0) is 14.8 Å². The molecule has 26 heavy (non-hydrogen) atoms. The Morgan fingerprint density at radius 1 is 1.00 bits per heavy atom. The highest BCUT2D eigenvalue weighted by molar-refractivity contribution is 7.89. The Kier molecular flexibility index (Phi) is 5.99. The zero-order valence-electron chi connectivity index (χ0n) is 15.7. The summed E-state index contributed by atoms with van der Waals surface area (Å²) >= 11 is 0. The number of sulfonamides is 1. The first-order valence-corrected chi connectivity index (χ1v) is 10.9. The van der Waals surface area contributed by atoms with Gasteiger partial charge in [-0.15, -0.1) is 0 Å². The number of piperidine rings is 1. The molecule has 0 radical (unpaired) electrons. The largest absolute Gasteiger partial charge is 0.339 e. The van der Waals surface area contributed by atoms with E-state index in [-0.39, 0.29) is 5.91 Å². The van der Waals surface area contributed by atoms with Crippen LogP contribution in [-0.4, -0.2) is 74.2 Å². The molecule has 7 heteroatoms. The minimum absolute atomic E-state index is 0.114. The maximum atomic E-state index is 12.7. The first-order valence-electron chi connectivity index (χ1n) is 9.41. The van der Waals surface area contributed by atoms with Crippen LogP contribution < -0.4 is 0 Å². The molecule has 2 saturated heterocycles. The van der Waals surface area contributed by atoms with Gasteiger partial charge in [-0.2, -0.15) is 4.31 Å². The molecule has 0 spiro atoms. The molecule has 3 rings (SSSR count). The van der Waals surface area contributed by atoms with Crippen molar-refractivity contribution < 1.29 is 13.2 Å². The molecule has 0 aromatic heterocycles. The van der Waals surface area contributed by atoms with Crippen molar-refractivity contribution in [2.45, 2.75) is 25.2 Å². The zero-order valence-corrected chi connectivity index (χ0v) is 16.5. The molecule has 2 aliphatic rings. The van der Waals surface area contributed by atoms with Crippen molar-refractivity contribution in [2.75, 3.05) is 45.8 Å². The quantitative estimate of drug-likeness (QED) is 0.795. The van der Waals surface area contributed by atoms with Crippen LogP contribution in [0.2, 0.25) is 0 Å². The van der Waals surface area contributed by atoms with Crippen molar-refractivity contribution in [1.29, 1.82) is 0 Å². The standard InChI is InChI=1S/C19H29N3O3S/c1-16-12-17(2)14-20(13-16)15-19(23)21-8-10-22(11-9-21)26(24,25)18-6-4-3-5-7-18/h3-7,16-17H,8-15H2,1-2H3/t16-,17+. The second-order valence-corrected chi connectivity index (χ2v) is 9.68. The van der Waals surface area contributed by atoms with Crippen molar-refractivity contribution >= 4 is 15.9 Å². The molecule has 1 aromatic rings. The van der Waals surface area contributed by atoms with E-state index in [1.807, 2.05) is 0 Å². The maximum Gasteiger partial charge on any atom is 0.243 e. The van der Waals surface area contributed by atoms with Crippen molar-refractivity contribution in [3.63, 3.8) is 0 Å². The normalized spacial score (nSPS) is 26.0. The van der Waals surface area contributed by atoms with Gasteiger partial charge in [-0.05, 0) is 30.4 Å². The number of likely N-dealkylation sites (tertiary alicyclic amines) is 1. The number of benzene rings is 1. The van der Waals surface area contributed by atoms with E-state index in [0.29, 0.717) is 49.5 Å². The van der Waals surface area contributed by atoms with E-state index in [4.69, 9.17) is 0 Å². The molecule has 1 amide bonds. The lowest BCUT2D eigenvalue weighted by molar-refractivity contribution is -0.134. The minimum Gasteiger partial charge on any atom is -0.339 e. The molecule has 6 nitrogen and oxygen atoms in total. The lowest BCUT2D eigenvalue weighted by Crippen LogP contribution is -2.53. The summed E-state index contributed by atoms with van der Waals surface area (Å²) in [4.78, 5) is 17.0. The first kappa shape index (κ1) is 19.3. The van der Waals surface area contributed by atoms with Crippen LogP contribution in [0.3, 0.4) is 0 Å². The van der Waals surface area contributed by atoms with Crippen LogP contribution in [0.5, 0.6) is 0 Å². The number of nitrogens with zero attached hydrogens (tertiary/aromatic N) is 3. The van der Waals surface area contributed by atoms with Crippen LogP contribution in [0.15, 0.2) is 35.2 Å². The Morgan fingerprint density at radius 3 is 2.15 bits per heavy atom. The molecular formula is C19H29N3O3S. The van der Waals surface area contributed by atoms with E-state index in [0.717, 1.165) is 13.1 Å². The van der Waals surface area contributed by atoms with Crippen molar-refractivity contribution in [2.24, 2.45) is 11.8 Å². The Morgan fingerprint density at radius 2 is 1.58 bits per heavy atom. The van der Waals surface area contributed by atoms with Crippen LogP contribution >= 0.6 is 0 Å². The fourth-order valence-corrected chi connectivity index (χ4v) is 5.58. The molecule has 144 valence electrons. The number of carbonyl (C=O) groups excluding carboxylic acids is 1. The van der Waals surface area contributed by atoms with Crippen LogP contribution in [0.1, 0.15) is 20.3 Å². The number of rotatable bonds is 4. The highest BCUT2D eigenvalue weighted by Crippen LogP contribution is 2.21. The van der Waals surface area contributed by atoms with E-state index in [1.165, 1.54) is 10.7 Å². The molecular weight excluding hydrogens is 350 g/mol. The molecule has 0 bridgehead atoms. The molecule has 0 saturated carbocycles. The predicted octanol–water partition coefficient (Wildman–Crippen LogP) is 1.50. The van der Waals surface area contributed by atoms with Gasteiger partial charge in [0, 0.05) is 39.3 Å². The van der Waals surface area contributed by atoms with Gasteiger partial charge in [0.2, 0.25) is 15.9 Å². The van der Waals surface area contributed by atoms with E-state index in [9.17, 15) is 13.2 Å². The summed E-state index contributed by atoms with van der Waals surface area (Å²) in [5, 5.41) is 0. The summed E-state index contributed by atoms with van der Waals surface area (Å²) < 4.78 is 26.8. The summed E-state index contributed by atoms with van der Waals surface area (Å²) in [6, 6.07) is 8.50.